The first-order chi connectivity index (χ1) is 8.83. The maximum absolute atomic E-state index is 6.12. The maximum Gasteiger partial charge on any atom is 0.123 e. The molecule has 0 heterocycles. The van der Waals surface area contributed by atoms with E-state index in [4.69, 9.17) is 15.2 Å². The average Bonchev–Trinajstić information content (AvgIpc) is 2.64. The minimum atomic E-state index is 0.254. The van der Waals surface area contributed by atoms with Crippen LogP contribution in [-0.4, -0.2) is 19.8 Å². The lowest BCUT2D eigenvalue weighted by molar-refractivity contribution is 0.129. The molecule has 1 aromatic carbocycles. The SMILES string of the molecule is COc1cccc(OC2CCCCCC2CN)c1. The fraction of sp³-hybridized carbons (Fsp3) is 0.600. The summed E-state index contributed by atoms with van der Waals surface area (Å²) in [6.07, 6.45) is 6.37. The first kappa shape index (κ1) is 13.2. The summed E-state index contributed by atoms with van der Waals surface area (Å²) >= 11 is 0. The van der Waals surface area contributed by atoms with Gasteiger partial charge in [-0.2, -0.15) is 0 Å². The quantitative estimate of drug-likeness (QED) is 0.834. The summed E-state index contributed by atoms with van der Waals surface area (Å²) in [5.41, 5.74) is 5.87. The summed E-state index contributed by atoms with van der Waals surface area (Å²) in [4.78, 5) is 0. The van der Waals surface area contributed by atoms with E-state index >= 15 is 0 Å². The molecule has 1 fully saturated rings. The summed E-state index contributed by atoms with van der Waals surface area (Å²) in [5, 5.41) is 0. The molecule has 0 saturated heterocycles. The number of benzene rings is 1. The Hall–Kier alpha value is -1.22. The third-order valence-electron chi connectivity index (χ3n) is 3.72. The van der Waals surface area contributed by atoms with Crippen LogP contribution >= 0.6 is 0 Å². The minimum Gasteiger partial charge on any atom is -0.497 e. The molecule has 0 aliphatic heterocycles. The molecule has 18 heavy (non-hydrogen) atoms. The highest BCUT2D eigenvalue weighted by atomic mass is 16.5. The number of methoxy groups -OCH3 is 1. The van der Waals surface area contributed by atoms with E-state index in [2.05, 4.69) is 0 Å². The Labute approximate surface area is 109 Å². The molecule has 0 bridgehead atoms. The van der Waals surface area contributed by atoms with Gasteiger partial charge in [-0.25, -0.2) is 0 Å². The highest BCUT2D eigenvalue weighted by molar-refractivity contribution is 5.33. The fourth-order valence-corrected chi connectivity index (χ4v) is 2.62. The zero-order valence-corrected chi connectivity index (χ0v) is 11.1. The van der Waals surface area contributed by atoms with Gasteiger partial charge in [0.05, 0.1) is 7.11 Å². The van der Waals surface area contributed by atoms with Crippen LogP contribution < -0.4 is 15.2 Å². The number of ether oxygens (including phenoxy) is 2. The summed E-state index contributed by atoms with van der Waals surface area (Å²) in [7, 11) is 1.67. The van der Waals surface area contributed by atoms with Crippen molar-refractivity contribution in [3.63, 3.8) is 0 Å². The van der Waals surface area contributed by atoms with Crippen molar-refractivity contribution >= 4 is 0 Å². The molecule has 2 unspecified atom stereocenters. The van der Waals surface area contributed by atoms with E-state index in [1.807, 2.05) is 24.3 Å². The van der Waals surface area contributed by atoms with Gasteiger partial charge in [0.15, 0.2) is 0 Å². The van der Waals surface area contributed by atoms with Crippen molar-refractivity contribution < 1.29 is 9.47 Å². The molecule has 1 aliphatic rings. The molecule has 1 aromatic rings. The van der Waals surface area contributed by atoms with Gasteiger partial charge in [-0.1, -0.05) is 18.9 Å². The average molecular weight is 249 g/mol. The second-order valence-corrected chi connectivity index (χ2v) is 4.97. The highest BCUT2D eigenvalue weighted by Gasteiger charge is 2.24. The lowest BCUT2D eigenvalue weighted by Crippen LogP contribution is -2.31. The third-order valence-corrected chi connectivity index (χ3v) is 3.72. The second kappa shape index (κ2) is 6.64. The topological polar surface area (TPSA) is 44.5 Å². The normalized spacial score (nSPS) is 24.3. The van der Waals surface area contributed by atoms with Crippen LogP contribution in [-0.2, 0) is 0 Å². The largest absolute Gasteiger partial charge is 0.497 e. The van der Waals surface area contributed by atoms with Crippen LogP contribution in [0.15, 0.2) is 24.3 Å². The Morgan fingerprint density at radius 2 is 1.94 bits per heavy atom. The molecule has 0 amide bonds. The van der Waals surface area contributed by atoms with Crippen molar-refractivity contribution in [2.24, 2.45) is 11.7 Å². The number of rotatable bonds is 4. The standard InChI is InChI=1S/C15H23NO2/c1-17-13-7-5-8-14(10-13)18-15-9-4-2-3-6-12(15)11-16/h5,7-8,10,12,15H,2-4,6,9,11,16H2,1H3. The van der Waals surface area contributed by atoms with Crippen LogP contribution in [0.1, 0.15) is 32.1 Å². The summed E-state index contributed by atoms with van der Waals surface area (Å²) in [6.45, 7) is 0.717. The summed E-state index contributed by atoms with van der Waals surface area (Å²) in [5.74, 6) is 2.21. The van der Waals surface area contributed by atoms with Crippen molar-refractivity contribution in [1.82, 2.24) is 0 Å². The Morgan fingerprint density at radius 1 is 1.17 bits per heavy atom. The van der Waals surface area contributed by atoms with Crippen LogP contribution in [0.4, 0.5) is 0 Å². The molecule has 0 aromatic heterocycles. The van der Waals surface area contributed by atoms with Crippen LogP contribution in [0.5, 0.6) is 11.5 Å². The fourth-order valence-electron chi connectivity index (χ4n) is 2.62. The van der Waals surface area contributed by atoms with Crippen LogP contribution in [0.2, 0.25) is 0 Å². The molecule has 2 atom stereocenters. The van der Waals surface area contributed by atoms with Gasteiger partial charge in [0.25, 0.3) is 0 Å². The van der Waals surface area contributed by atoms with Crippen molar-refractivity contribution in [2.75, 3.05) is 13.7 Å². The van der Waals surface area contributed by atoms with Gasteiger partial charge in [0, 0.05) is 12.0 Å². The number of hydrogen-bond donors (Lipinski definition) is 1. The van der Waals surface area contributed by atoms with Gasteiger partial charge < -0.3 is 15.2 Å². The Kier molecular flexibility index (Phi) is 4.88. The monoisotopic (exact) mass is 249 g/mol. The molecule has 2 rings (SSSR count). The van der Waals surface area contributed by atoms with E-state index in [9.17, 15) is 0 Å². The van der Waals surface area contributed by atoms with Crippen molar-refractivity contribution in [3.8, 4) is 11.5 Å². The van der Waals surface area contributed by atoms with Crippen molar-refractivity contribution in [3.05, 3.63) is 24.3 Å². The molecule has 0 spiro atoms. The number of hydrogen-bond acceptors (Lipinski definition) is 3. The third kappa shape index (κ3) is 3.39. The Morgan fingerprint density at radius 3 is 2.72 bits per heavy atom. The molecule has 1 saturated carbocycles. The van der Waals surface area contributed by atoms with Gasteiger partial charge in [-0.3, -0.25) is 0 Å². The molecular formula is C15H23NO2. The lowest BCUT2D eigenvalue weighted by atomic mass is 9.97. The van der Waals surface area contributed by atoms with Gasteiger partial charge in [-0.15, -0.1) is 0 Å². The van der Waals surface area contributed by atoms with Gasteiger partial charge in [-0.05, 0) is 37.9 Å². The van der Waals surface area contributed by atoms with Crippen LogP contribution in [0.25, 0.3) is 0 Å². The Balaban J connectivity index is 2.05. The molecule has 2 N–H and O–H groups in total. The molecule has 1 aliphatic carbocycles. The second-order valence-electron chi connectivity index (χ2n) is 4.97. The van der Waals surface area contributed by atoms with Crippen LogP contribution in [0, 0.1) is 5.92 Å². The van der Waals surface area contributed by atoms with E-state index in [1.54, 1.807) is 7.11 Å². The smallest absolute Gasteiger partial charge is 0.123 e. The van der Waals surface area contributed by atoms with Gasteiger partial charge in [0.2, 0.25) is 0 Å². The van der Waals surface area contributed by atoms with E-state index in [-0.39, 0.29) is 6.10 Å². The predicted molar refractivity (Wildman–Crippen MR) is 73.0 cm³/mol. The minimum absolute atomic E-state index is 0.254. The zero-order chi connectivity index (χ0) is 12.8. The first-order valence-electron chi connectivity index (χ1n) is 6.84. The molecular weight excluding hydrogens is 226 g/mol. The highest BCUT2D eigenvalue weighted by Crippen LogP contribution is 2.28. The van der Waals surface area contributed by atoms with E-state index < -0.39 is 0 Å². The van der Waals surface area contributed by atoms with Crippen molar-refractivity contribution in [1.29, 1.82) is 0 Å². The summed E-state index contributed by atoms with van der Waals surface area (Å²) < 4.78 is 11.3. The van der Waals surface area contributed by atoms with Crippen LogP contribution in [0.3, 0.4) is 0 Å². The number of nitrogens with two attached hydrogens (primary N) is 1. The van der Waals surface area contributed by atoms with Gasteiger partial charge >= 0.3 is 0 Å². The molecule has 0 radical (unpaired) electrons. The van der Waals surface area contributed by atoms with Crippen molar-refractivity contribution in [2.45, 2.75) is 38.2 Å². The molecule has 3 heteroatoms. The lowest BCUT2D eigenvalue weighted by Gasteiger charge is -2.25. The zero-order valence-electron chi connectivity index (χ0n) is 11.1. The maximum atomic E-state index is 6.12. The predicted octanol–water partition coefficient (Wildman–Crippen LogP) is 2.98. The Bertz CT molecular complexity index is 367. The van der Waals surface area contributed by atoms with E-state index in [1.165, 1.54) is 25.7 Å². The molecule has 100 valence electrons. The molecule has 3 nitrogen and oxygen atoms in total. The van der Waals surface area contributed by atoms with E-state index in [0.717, 1.165) is 17.9 Å². The van der Waals surface area contributed by atoms with E-state index in [0.29, 0.717) is 12.5 Å². The first-order valence-corrected chi connectivity index (χ1v) is 6.84. The van der Waals surface area contributed by atoms with Gasteiger partial charge in [0.1, 0.15) is 17.6 Å². The summed E-state index contributed by atoms with van der Waals surface area (Å²) in [6, 6.07) is 7.82.